The van der Waals surface area contributed by atoms with Crippen molar-refractivity contribution in [1.82, 2.24) is 5.32 Å². The lowest BCUT2D eigenvalue weighted by atomic mass is 9.94. The van der Waals surface area contributed by atoms with Gasteiger partial charge in [0.15, 0.2) is 11.5 Å². The predicted octanol–water partition coefficient (Wildman–Crippen LogP) is 2.70. The number of nitrogens with one attached hydrogen (secondary N) is 1. The van der Waals surface area contributed by atoms with Crippen molar-refractivity contribution in [3.8, 4) is 11.5 Å². The Morgan fingerprint density at radius 2 is 2.17 bits per heavy atom. The van der Waals surface area contributed by atoms with E-state index in [2.05, 4.69) is 11.4 Å². The van der Waals surface area contributed by atoms with Crippen LogP contribution in [0.3, 0.4) is 0 Å². The Morgan fingerprint density at radius 1 is 1.39 bits per heavy atom. The van der Waals surface area contributed by atoms with Crippen molar-refractivity contribution in [3.05, 3.63) is 22.8 Å². The minimum atomic E-state index is 0.295. The predicted molar refractivity (Wildman–Crippen MR) is 73.5 cm³/mol. The van der Waals surface area contributed by atoms with Crippen LogP contribution in [0.25, 0.3) is 0 Å². The minimum absolute atomic E-state index is 0.295. The number of phenolic OH excluding ortho intramolecular Hbond substituents is 1. The summed E-state index contributed by atoms with van der Waals surface area (Å²) < 4.78 is 5.38. The lowest BCUT2D eigenvalue weighted by Gasteiger charge is -2.25. The highest BCUT2D eigenvalue weighted by Crippen LogP contribution is 2.36. The van der Waals surface area contributed by atoms with E-state index in [0.29, 0.717) is 17.5 Å². The van der Waals surface area contributed by atoms with E-state index in [4.69, 9.17) is 4.74 Å². The highest BCUT2D eigenvalue weighted by atomic mass is 16.5. The summed E-state index contributed by atoms with van der Waals surface area (Å²) in [6, 6.07) is 2.65. The number of aromatic hydroxyl groups is 1. The fourth-order valence-electron chi connectivity index (χ4n) is 2.69. The number of rotatable bonds is 3. The third kappa shape index (κ3) is 2.61. The van der Waals surface area contributed by atoms with Crippen molar-refractivity contribution >= 4 is 0 Å². The fraction of sp³-hybridized carbons (Fsp3) is 0.600. The zero-order valence-corrected chi connectivity index (χ0v) is 11.5. The fourth-order valence-corrected chi connectivity index (χ4v) is 2.69. The maximum atomic E-state index is 10.1. The monoisotopic (exact) mass is 249 g/mol. The standard InChI is InChI=1S/C15H23NO2/c1-10-8-12(9-13-6-4-5-7-16-13)15(18-3)14(17)11(10)2/h8,13,16-17H,4-7,9H2,1-3H3. The molecule has 3 heteroatoms. The lowest BCUT2D eigenvalue weighted by molar-refractivity contribution is 0.357. The summed E-state index contributed by atoms with van der Waals surface area (Å²) in [6.07, 6.45) is 4.69. The summed E-state index contributed by atoms with van der Waals surface area (Å²) in [6.45, 7) is 5.06. The van der Waals surface area contributed by atoms with E-state index in [0.717, 1.165) is 29.7 Å². The van der Waals surface area contributed by atoms with Crippen molar-refractivity contribution in [2.75, 3.05) is 13.7 Å². The average molecular weight is 249 g/mol. The maximum Gasteiger partial charge on any atom is 0.164 e. The normalized spacial score (nSPS) is 19.8. The largest absolute Gasteiger partial charge is 0.504 e. The molecular weight excluding hydrogens is 226 g/mol. The van der Waals surface area contributed by atoms with Crippen LogP contribution in [0.1, 0.15) is 36.0 Å². The summed E-state index contributed by atoms with van der Waals surface area (Å²) in [4.78, 5) is 0. The van der Waals surface area contributed by atoms with Crippen LogP contribution in [0.5, 0.6) is 11.5 Å². The van der Waals surface area contributed by atoms with E-state index in [1.807, 2.05) is 13.8 Å². The Labute approximate surface area is 109 Å². The van der Waals surface area contributed by atoms with Crippen molar-refractivity contribution in [2.24, 2.45) is 0 Å². The van der Waals surface area contributed by atoms with E-state index < -0.39 is 0 Å². The molecule has 0 spiro atoms. The van der Waals surface area contributed by atoms with Gasteiger partial charge in [0.2, 0.25) is 0 Å². The van der Waals surface area contributed by atoms with Crippen molar-refractivity contribution in [2.45, 2.75) is 45.6 Å². The van der Waals surface area contributed by atoms with Gasteiger partial charge in [-0.3, -0.25) is 0 Å². The topological polar surface area (TPSA) is 41.5 Å². The van der Waals surface area contributed by atoms with Crippen LogP contribution >= 0.6 is 0 Å². The van der Waals surface area contributed by atoms with Crippen LogP contribution < -0.4 is 10.1 Å². The van der Waals surface area contributed by atoms with E-state index >= 15 is 0 Å². The van der Waals surface area contributed by atoms with Gasteiger partial charge >= 0.3 is 0 Å². The van der Waals surface area contributed by atoms with E-state index in [1.165, 1.54) is 19.3 Å². The maximum absolute atomic E-state index is 10.1. The Hall–Kier alpha value is -1.22. The molecule has 1 aliphatic rings. The number of phenols is 1. The van der Waals surface area contributed by atoms with Crippen LogP contribution in [0.2, 0.25) is 0 Å². The number of aryl methyl sites for hydroxylation is 1. The number of hydrogen-bond acceptors (Lipinski definition) is 3. The van der Waals surface area contributed by atoms with Gasteiger partial charge in [0.1, 0.15) is 0 Å². The molecule has 0 aromatic heterocycles. The van der Waals surface area contributed by atoms with Gasteiger partial charge in [-0.1, -0.05) is 12.5 Å². The molecule has 1 unspecified atom stereocenters. The van der Waals surface area contributed by atoms with Crippen LogP contribution in [0, 0.1) is 13.8 Å². The summed E-state index contributed by atoms with van der Waals surface area (Å²) >= 11 is 0. The average Bonchev–Trinajstić information content (AvgIpc) is 2.38. The first-order valence-electron chi connectivity index (χ1n) is 6.73. The molecule has 1 heterocycles. The van der Waals surface area contributed by atoms with Gasteiger partial charge in [-0.25, -0.2) is 0 Å². The SMILES string of the molecule is COc1c(CC2CCCCN2)cc(C)c(C)c1O. The first-order valence-corrected chi connectivity index (χ1v) is 6.73. The zero-order chi connectivity index (χ0) is 13.1. The molecule has 0 radical (unpaired) electrons. The molecule has 18 heavy (non-hydrogen) atoms. The minimum Gasteiger partial charge on any atom is -0.504 e. The molecule has 100 valence electrons. The second-order valence-corrected chi connectivity index (χ2v) is 5.21. The number of hydrogen-bond donors (Lipinski definition) is 2. The Morgan fingerprint density at radius 3 is 2.78 bits per heavy atom. The van der Waals surface area contributed by atoms with Crippen LogP contribution in [0.15, 0.2) is 6.07 Å². The van der Waals surface area contributed by atoms with Crippen molar-refractivity contribution in [1.29, 1.82) is 0 Å². The first kappa shape index (κ1) is 13.2. The molecule has 1 saturated heterocycles. The lowest BCUT2D eigenvalue weighted by Crippen LogP contribution is -2.35. The first-order chi connectivity index (χ1) is 8.63. The molecule has 0 aliphatic carbocycles. The van der Waals surface area contributed by atoms with Crippen molar-refractivity contribution < 1.29 is 9.84 Å². The third-order valence-corrected chi connectivity index (χ3v) is 3.93. The van der Waals surface area contributed by atoms with Gasteiger partial charge in [0, 0.05) is 6.04 Å². The molecule has 1 atom stereocenters. The molecular formula is C15H23NO2. The third-order valence-electron chi connectivity index (χ3n) is 3.93. The number of ether oxygens (including phenoxy) is 1. The quantitative estimate of drug-likeness (QED) is 0.865. The summed E-state index contributed by atoms with van der Waals surface area (Å²) in [5.74, 6) is 0.939. The molecule has 2 rings (SSSR count). The highest BCUT2D eigenvalue weighted by molar-refractivity contribution is 5.54. The summed E-state index contributed by atoms with van der Waals surface area (Å²) in [7, 11) is 1.63. The Kier molecular flexibility index (Phi) is 4.12. The molecule has 3 nitrogen and oxygen atoms in total. The smallest absolute Gasteiger partial charge is 0.164 e. The zero-order valence-electron chi connectivity index (χ0n) is 11.5. The van der Waals surface area contributed by atoms with Gasteiger partial charge in [-0.05, 0) is 56.3 Å². The molecule has 0 bridgehead atoms. The number of piperidine rings is 1. The summed E-state index contributed by atoms with van der Waals surface area (Å²) in [5, 5.41) is 13.7. The molecule has 0 amide bonds. The van der Waals surface area contributed by atoms with Crippen LogP contribution in [-0.2, 0) is 6.42 Å². The number of benzene rings is 1. The van der Waals surface area contributed by atoms with Gasteiger partial charge in [0.25, 0.3) is 0 Å². The van der Waals surface area contributed by atoms with Gasteiger partial charge in [0.05, 0.1) is 7.11 Å². The Bertz CT molecular complexity index is 423. The molecule has 2 N–H and O–H groups in total. The Balaban J connectivity index is 2.25. The van der Waals surface area contributed by atoms with Gasteiger partial charge < -0.3 is 15.2 Å². The number of methoxy groups -OCH3 is 1. The molecule has 1 aromatic carbocycles. The van der Waals surface area contributed by atoms with E-state index in [-0.39, 0.29) is 0 Å². The summed E-state index contributed by atoms with van der Waals surface area (Å²) in [5.41, 5.74) is 3.14. The highest BCUT2D eigenvalue weighted by Gasteiger charge is 2.19. The van der Waals surface area contributed by atoms with Crippen LogP contribution in [0.4, 0.5) is 0 Å². The van der Waals surface area contributed by atoms with Gasteiger partial charge in [-0.2, -0.15) is 0 Å². The van der Waals surface area contributed by atoms with Crippen molar-refractivity contribution in [3.63, 3.8) is 0 Å². The second kappa shape index (κ2) is 5.61. The van der Waals surface area contributed by atoms with Crippen LogP contribution in [-0.4, -0.2) is 24.8 Å². The molecule has 1 aromatic rings. The van der Waals surface area contributed by atoms with Gasteiger partial charge in [-0.15, -0.1) is 0 Å². The van der Waals surface area contributed by atoms with E-state index in [9.17, 15) is 5.11 Å². The second-order valence-electron chi connectivity index (χ2n) is 5.21. The molecule has 1 aliphatic heterocycles. The molecule has 1 fully saturated rings. The van der Waals surface area contributed by atoms with E-state index in [1.54, 1.807) is 7.11 Å². The molecule has 0 saturated carbocycles.